The van der Waals surface area contributed by atoms with Crippen LogP contribution in [-0.2, 0) is 26.2 Å². The number of nitrogens with one attached hydrogen (secondary N) is 1. The number of aryl methyl sites for hydroxylation is 2. The molecule has 0 fully saturated rings. The van der Waals surface area contributed by atoms with Crippen molar-refractivity contribution in [3.63, 3.8) is 0 Å². The SMILES string of the molecule is CC[C@@H](C(=O)NCC(C)C)N(Cc1ccccc1)C(=O)CN(c1ccc(C)c(C)c1)S(=O)(=O)c1ccc(Cl)cc1. The number of amides is 2. The van der Waals surface area contributed by atoms with Crippen LogP contribution in [0.5, 0.6) is 0 Å². The van der Waals surface area contributed by atoms with E-state index >= 15 is 0 Å². The van der Waals surface area contributed by atoms with Gasteiger partial charge in [-0.15, -0.1) is 0 Å². The van der Waals surface area contributed by atoms with Gasteiger partial charge >= 0.3 is 0 Å². The van der Waals surface area contributed by atoms with Crippen LogP contribution >= 0.6 is 11.6 Å². The van der Waals surface area contributed by atoms with Gasteiger partial charge in [-0.1, -0.05) is 68.8 Å². The Balaban J connectivity index is 2.05. The van der Waals surface area contributed by atoms with Gasteiger partial charge in [0, 0.05) is 18.1 Å². The number of anilines is 1. The molecular formula is C31H38ClN3O4S. The first-order valence-electron chi connectivity index (χ1n) is 13.4. The molecule has 2 amide bonds. The Labute approximate surface area is 243 Å². The number of benzene rings is 3. The minimum Gasteiger partial charge on any atom is -0.354 e. The Morgan fingerprint density at radius 3 is 2.15 bits per heavy atom. The molecule has 214 valence electrons. The molecule has 7 nitrogen and oxygen atoms in total. The summed E-state index contributed by atoms with van der Waals surface area (Å²) in [6, 6.07) is 19.7. The summed E-state index contributed by atoms with van der Waals surface area (Å²) in [6.07, 6.45) is 0.371. The topological polar surface area (TPSA) is 86.8 Å². The minimum absolute atomic E-state index is 0.0132. The Bertz CT molecular complexity index is 1410. The second-order valence-electron chi connectivity index (χ2n) is 10.3. The van der Waals surface area contributed by atoms with Crippen molar-refractivity contribution in [2.75, 3.05) is 17.4 Å². The highest BCUT2D eigenvalue weighted by atomic mass is 35.5. The normalized spacial score (nSPS) is 12.2. The fraction of sp³-hybridized carbons (Fsp3) is 0.355. The molecule has 0 aliphatic carbocycles. The number of rotatable bonds is 12. The smallest absolute Gasteiger partial charge is 0.264 e. The summed E-state index contributed by atoms with van der Waals surface area (Å²) in [5.74, 6) is -0.505. The van der Waals surface area contributed by atoms with Crippen molar-refractivity contribution in [3.8, 4) is 0 Å². The lowest BCUT2D eigenvalue weighted by atomic mass is 10.1. The number of halogens is 1. The summed E-state index contributed by atoms with van der Waals surface area (Å²) in [6.45, 7) is 9.82. The molecule has 0 saturated heterocycles. The summed E-state index contributed by atoms with van der Waals surface area (Å²) in [5.41, 5.74) is 3.09. The van der Waals surface area contributed by atoms with E-state index in [2.05, 4.69) is 5.32 Å². The molecule has 0 bridgehead atoms. The lowest BCUT2D eigenvalue weighted by molar-refractivity contribution is -0.140. The van der Waals surface area contributed by atoms with Crippen LogP contribution in [0.2, 0.25) is 5.02 Å². The van der Waals surface area contributed by atoms with E-state index in [1.165, 1.54) is 29.2 Å². The molecule has 1 atom stereocenters. The molecule has 1 N–H and O–H groups in total. The van der Waals surface area contributed by atoms with Gasteiger partial charge in [-0.05, 0) is 79.3 Å². The van der Waals surface area contributed by atoms with Gasteiger partial charge in [0.1, 0.15) is 12.6 Å². The third kappa shape index (κ3) is 7.86. The molecule has 0 aliphatic rings. The average molecular weight is 584 g/mol. The van der Waals surface area contributed by atoms with E-state index in [0.717, 1.165) is 21.0 Å². The number of carbonyl (C=O) groups excluding carboxylic acids is 2. The van der Waals surface area contributed by atoms with Crippen molar-refractivity contribution in [3.05, 3.63) is 94.5 Å². The largest absolute Gasteiger partial charge is 0.354 e. The molecule has 0 aromatic heterocycles. The quantitative estimate of drug-likeness (QED) is 0.295. The Kier molecular flexibility index (Phi) is 10.8. The van der Waals surface area contributed by atoms with Gasteiger partial charge < -0.3 is 10.2 Å². The van der Waals surface area contributed by atoms with E-state index < -0.39 is 28.5 Å². The molecule has 3 rings (SSSR count). The standard InChI is InChI=1S/C31H38ClN3O4S/c1-6-29(31(37)33-19-22(2)3)34(20-25-10-8-7-9-11-25)30(36)21-35(27-15-12-23(4)24(5)18-27)40(38,39)28-16-13-26(32)14-17-28/h7-18,22,29H,6,19-21H2,1-5H3,(H,33,37)/t29-/m0/s1. The van der Waals surface area contributed by atoms with Gasteiger partial charge in [-0.3, -0.25) is 13.9 Å². The summed E-state index contributed by atoms with van der Waals surface area (Å²) in [7, 11) is -4.15. The zero-order valence-corrected chi connectivity index (χ0v) is 25.3. The van der Waals surface area contributed by atoms with Crippen LogP contribution in [-0.4, -0.2) is 44.3 Å². The maximum Gasteiger partial charge on any atom is 0.264 e. The minimum atomic E-state index is -4.15. The molecule has 0 spiro atoms. The first-order chi connectivity index (χ1) is 18.9. The zero-order chi connectivity index (χ0) is 29.4. The molecule has 40 heavy (non-hydrogen) atoms. The highest BCUT2D eigenvalue weighted by molar-refractivity contribution is 7.92. The lowest BCUT2D eigenvalue weighted by Gasteiger charge is -2.33. The number of carbonyl (C=O) groups is 2. The first kappa shape index (κ1) is 31.2. The molecule has 0 heterocycles. The summed E-state index contributed by atoms with van der Waals surface area (Å²) >= 11 is 6.02. The summed E-state index contributed by atoms with van der Waals surface area (Å²) in [5, 5.41) is 3.34. The number of hydrogen-bond acceptors (Lipinski definition) is 4. The molecule has 3 aromatic rings. The molecular weight excluding hydrogens is 546 g/mol. The van der Waals surface area contributed by atoms with Crippen LogP contribution in [0.1, 0.15) is 43.9 Å². The maximum atomic E-state index is 14.1. The first-order valence-corrected chi connectivity index (χ1v) is 15.2. The predicted molar refractivity (Wildman–Crippen MR) is 161 cm³/mol. The van der Waals surface area contributed by atoms with E-state index in [1.807, 2.05) is 71.0 Å². The lowest BCUT2D eigenvalue weighted by Crippen LogP contribution is -2.52. The highest BCUT2D eigenvalue weighted by Crippen LogP contribution is 2.27. The van der Waals surface area contributed by atoms with E-state index in [1.54, 1.807) is 12.1 Å². The van der Waals surface area contributed by atoms with Crippen molar-refractivity contribution in [2.45, 2.75) is 58.5 Å². The molecule has 0 unspecified atom stereocenters. The molecule has 0 radical (unpaired) electrons. The van der Waals surface area contributed by atoms with Crippen molar-refractivity contribution in [2.24, 2.45) is 5.92 Å². The van der Waals surface area contributed by atoms with Crippen molar-refractivity contribution in [1.29, 1.82) is 0 Å². The second-order valence-corrected chi connectivity index (χ2v) is 12.6. The van der Waals surface area contributed by atoms with Gasteiger partial charge in [0.05, 0.1) is 10.6 Å². The third-order valence-corrected chi connectivity index (χ3v) is 8.77. The van der Waals surface area contributed by atoms with Crippen LogP contribution in [0.15, 0.2) is 77.7 Å². The average Bonchev–Trinajstić information content (AvgIpc) is 2.92. The van der Waals surface area contributed by atoms with Gasteiger partial charge in [-0.25, -0.2) is 8.42 Å². The maximum absolute atomic E-state index is 14.1. The van der Waals surface area contributed by atoms with Gasteiger partial charge in [0.25, 0.3) is 10.0 Å². The van der Waals surface area contributed by atoms with Crippen LogP contribution in [0.3, 0.4) is 0 Å². The van der Waals surface area contributed by atoms with Crippen LogP contribution in [0.25, 0.3) is 0 Å². The highest BCUT2D eigenvalue weighted by Gasteiger charge is 2.33. The monoisotopic (exact) mass is 583 g/mol. The molecule has 3 aromatic carbocycles. The summed E-state index contributed by atoms with van der Waals surface area (Å²) < 4.78 is 29.0. The third-order valence-electron chi connectivity index (χ3n) is 6.73. The Morgan fingerprint density at radius 2 is 1.57 bits per heavy atom. The van der Waals surface area contributed by atoms with Gasteiger partial charge in [0.2, 0.25) is 11.8 Å². The Morgan fingerprint density at radius 1 is 0.925 bits per heavy atom. The van der Waals surface area contributed by atoms with E-state index in [0.29, 0.717) is 23.7 Å². The van der Waals surface area contributed by atoms with Crippen molar-refractivity contribution in [1.82, 2.24) is 10.2 Å². The van der Waals surface area contributed by atoms with E-state index in [4.69, 9.17) is 11.6 Å². The van der Waals surface area contributed by atoms with Crippen molar-refractivity contribution >= 4 is 39.1 Å². The molecule has 9 heteroatoms. The van der Waals surface area contributed by atoms with Crippen LogP contribution in [0.4, 0.5) is 5.69 Å². The van der Waals surface area contributed by atoms with E-state index in [-0.39, 0.29) is 23.3 Å². The number of hydrogen-bond donors (Lipinski definition) is 1. The molecule has 0 saturated carbocycles. The summed E-state index contributed by atoms with van der Waals surface area (Å²) in [4.78, 5) is 28.8. The van der Waals surface area contributed by atoms with Crippen molar-refractivity contribution < 1.29 is 18.0 Å². The van der Waals surface area contributed by atoms with Gasteiger partial charge in [-0.2, -0.15) is 0 Å². The van der Waals surface area contributed by atoms with Gasteiger partial charge in [0.15, 0.2) is 0 Å². The van der Waals surface area contributed by atoms with Crippen LogP contribution in [0, 0.1) is 19.8 Å². The van der Waals surface area contributed by atoms with E-state index in [9.17, 15) is 18.0 Å². The zero-order valence-electron chi connectivity index (χ0n) is 23.7. The fourth-order valence-electron chi connectivity index (χ4n) is 4.27. The Hall–Kier alpha value is -3.36. The predicted octanol–water partition coefficient (Wildman–Crippen LogP) is 5.73. The fourth-order valence-corrected chi connectivity index (χ4v) is 5.80. The van der Waals surface area contributed by atoms with Crippen LogP contribution < -0.4 is 9.62 Å². The molecule has 0 aliphatic heterocycles. The second kappa shape index (κ2) is 13.8. The number of nitrogens with zero attached hydrogens (tertiary/aromatic N) is 2. The number of sulfonamides is 1.